The molecule has 1 aliphatic rings. The summed E-state index contributed by atoms with van der Waals surface area (Å²) >= 11 is 0. The Hall–Kier alpha value is -2.91. The number of carbonyl (C=O) groups is 2. The van der Waals surface area contributed by atoms with Crippen LogP contribution in [-0.2, 0) is 25.0 Å². The third kappa shape index (κ3) is 5.91. The molecule has 2 aromatic rings. The van der Waals surface area contributed by atoms with Gasteiger partial charge in [-0.1, -0.05) is 45.0 Å². The van der Waals surface area contributed by atoms with E-state index in [0.29, 0.717) is 0 Å². The van der Waals surface area contributed by atoms with E-state index in [1.165, 1.54) is 28.1 Å². The van der Waals surface area contributed by atoms with Crippen molar-refractivity contribution in [1.82, 2.24) is 9.21 Å². The summed E-state index contributed by atoms with van der Waals surface area (Å²) in [6, 6.07) is 10.6. The van der Waals surface area contributed by atoms with Gasteiger partial charge in [-0.3, -0.25) is 4.79 Å². The van der Waals surface area contributed by atoms with Crippen LogP contribution >= 0.6 is 0 Å². The number of hydrogen-bond acceptors (Lipinski definition) is 6. The molecule has 0 atom stereocenters. The van der Waals surface area contributed by atoms with Gasteiger partial charge >= 0.3 is 5.97 Å². The lowest BCUT2D eigenvalue weighted by atomic mass is 9.87. The van der Waals surface area contributed by atoms with Gasteiger partial charge in [-0.05, 0) is 41.7 Å². The van der Waals surface area contributed by atoms with Gasteiger partial charge in [-0.15, -0.1) is 0 Å². The fourth-order valence-electron chi connectivity index (χ4n) is 3.41. The van der Waals surface area contributed by atoms with Gasteiger partial charge in [0.25, 0.3) is 10.0 Å². The van der Waals surface area contributed by atoms with Crippen LogP contribution in [0.3, 0.4) is 0 Å². The lowest BCUT2D eigenvalue weighted by Gasteiger charge is -2.32. The molecule has 0 radical (unpaired) electrons. The van der Waals surface area contributed by atoms with Crippen LogP contribution in [0.25, 0.3) is 6.08 Å². The highest BCUT2D eigenvalue weighted by Crippen LogP contribution is 2.23. The van der Waals surface area contributed by atoms with Crippen molar-refractivity contribution in [2.75, 3.05) is 32.8 Å². The first-order valence-electron chi connectivity index (χ1n) is 10.9. The lowest BCUT2D eigenvalue weighted by Crippen LogP contribution is -2.50. The molecule has 1 fully saturated rings. The molecule has 1 amide bonds. The standard InChI is InChI=1S/C24H30N2O6S/c1-5-31-23(28)20-11-13-22(32-20)33(29,30)26-16-14-25(15-17-26)21(27)12-8-18-6-9-19(10-7-18)24(2,3)4/h6-13H,5,14-17H2,1-4H3. The highest BCUT2D eigenvalue weighted by Gasteiger charge is 2.32. The van der Waals surface area contributed by atoms with Gasteiger partial charge in [-0.25, -0.2) is 13.2 Å². The number of hydrogen-bond donors (Lipinski definition) is 0. The Balaban J connectivity index is 1.58. The molecule has 1 aromatic carbocycles. The molecular formula is C24H30N2O6S. The molecule has 0 unspecified atom stereocenters. The first-order valence-corrected chi connectivity index (χ1v) is 12.3. The van der Waals surface area contributed by atoms with Crippen LogP contribution in [0.15, 0.2) is 52.0 Å². The number of esters is 1. The highest BCUT2D eigenvalue weighted by atomic mass is 32.2. The van der Waals surface area contributed by atoms with Crippen LogP contribution in [0.1, 0.15) is 49.4 Å². The maximum Gasteiger partial charge on any atom is 0.374 e. The summed E-state index contributed by atoms with van der Waals surface area (Å²) < 4.78 is 36.9. The average molecular weight is 475 g/mol. The number of benzene rings is 1. The van der Waals surface area contributed by atoms with Crippen LogP contribution in [0, 0.1) is 0 Å². The smallest absolute Gasteiger partial charge is 0.374 e. The van der Waals surface area contributed by atoms with Crippen molar-refractivity contribution in [3.8, 4) is 0 Å². The molecule has 0 saturated carbocycles. The molecular weight excluding hydrogens is 444 g/mol. The van der Waals surface area contributed by atoms with Gasteiger partial charge in [-0.2, -0.15) is 4.31 Å². The van der Waals surface area contributed by atoms with Crippen molar-refractivity contribution < 1.29 is 27.2 Å². The average Bonchev–Trinajstić information content (AvgIpc) is 3.29. The predicted octanol–water partition coefficient (Wildman–Crippen LogP) is 3.30. The van der Waals surface area contributed by atoms with E-state index in [4.69, 9.17) is 9.15 Å². The van der Waals surface area contributed by atoms with E-state index in [0.717, 1.165) is 5.56 Å². The minimum absolute atomic E-state index is 0.0636. The zero-order valence-electron chi connectivity index (χ0n) is 19.4. The second-order valence-electron chi connectivity index (χ2n) is 8.77. The molecule has 0 N–H and O–H groups in total. The molecule has 0 bridgehead atoms. The van der Waals surface area contributed by atoms with Gasteiger partial charge in [0.05, 0.1) is 6.61 Å². The fourth-order valence-corrected chi connectivity index (χ4v) is 4.75. The molecule has 8 nitrogen and oxygen atoms in total. The number of carbonyl (C=O) groups excluding carboxylic acids is 2. The molecule has 0 spiro atoms. The normalized spacial score (nSPS) is 15.7. The largest absolute Gasteiger partial charge is 0.460 e. The van der Waals surface area contributed by atoms with Gasteiger partial charge in [0, 0.05) is 32.3 Å². The third-order valence-corrected chi connectivity index (χ3v) is 7.17. The molecule has 0 aliphatic carbocycles. The first kappa shape index (κ1) is 24.7. The van der Waals surface area contributed by atoms with E-state index in [1.54, 1.807) is 17.9 Å². The van der Waals surface area contributed by atoms with E-state index >= 15 is 0 Å². The Morgan fingerprint density at radius 2 is 1.67 bits per heavy atom. The van der Waals surface area contributed by atoms with Crippen molar-refractivity contribution >= 4 is 28.0 Å². The summed E-state index contributed by atoms with van der Waals surface area (Å²) in [5.41, 5.74) is 2.20. The van der Waals surface area contributed by atoms with Crippen LogP contribution in [0.2, 0.25) is 0 Å². The second-order valence-corrected chi connectivity index (χ2v) is 10.6. The molecule has 1 saturated heterocycles. The Morgan fingerprint density at radius 3 is 2.24 bits per heavy atom. The Bertz CT molecular complexity index is 1120. The van der Waals surface area contributed by atoms with E-state index in [1.807, 2.05) is 12.1 Å². The van der Waals surface area contributed by atoms with E-state index < -0.39 is 16.0 Å². The minimum Gasteiger partial charge on any atom is -0.460 e. The van der Waals surface area contributed by atoms with Gasteiger partial charge in [0.15, 0.2) is 0 Å². The Kier molecular flexibility index (Phi) is 7.44. The lowest BCUT2D eigenvalue weighted by molar-refractivity contribution is -0.127. The number of ether oxygens (including phenoxy) is 1. The topological polar surface area (TPSA) is 97.1 Å². The van der Waals surface area contributed by atoms with Gasteiger partial charge < -0.3 is 14.1 Å². The second kappa shape index (κ2) is 9.93. The van der Waals surface area contributed by atoms with E-state index in [2.05, 4.69) is 32.9 Å². The van der Waals surface area contributed by atoms with E-state index in [9.17, 15) is 18.0 Å². The summed E-state index contributed by atoms with van der Waals surface area (Å²) in [5.74, 6) is -1.05. The summed E-state index contributed by atoms with van der Waals surface area (Å²) in [4.78, 5) is 25.9. The van der Waals surface area contributed by atoms with Crippen molar-refractivity contribution in [1.29, 1.82) is 0 Å². The van der Waals surface area contributed by atoms with Gasteiger partial charge in [0.1, 0.15) is 0 Å². The summed E-state index contributed by atoms with van der Waals surface area (Å²) in [6.07, 6.45) is 3.27. The fraction of sp³-hybridized carbons (Fsp3) is 0.417. The first-order chi connectivity index (χ1) is 15.5. The van der Waals surface area contributed by atoms with Crippen LogP contribution in [0.4, 0.5) is 0 Å². The van der Waals surface area contributed by atoms with Crippen molar-refractivity contribution in [2.45, 2.75) is 38.2 Å². The molecule has 9 heteroatoms. The molecule has 33 heavy (non-hydrogen) atoms. The number of piperazine rings is 1. The van der Waals surface area contributed by atoms with Crippen LogP contribution in [-0.4, -0.2) is 62.3 Å². The van der Waals surface area contributed by atoms with Crippen molar-refractivity contribution in [3.63, 3.8) is 0 Å². The van der Waals surface area contributed by atoms with E-state index in [-0.39, 0.29) is 55.0 Å². The molecule has 1 aromatic heterocycles. The Morgan fingerprint density at radius 1 is 1.03 bits per heavy atom. The zero-order valence-corrected chi connectivity index (χ0v) is 20.2. The summed E-state index contributed by atoms with van der Waals surface area (Å²) in [5, 5.41) is -0.316. The predicted molar refractivity (Wildman–Crippen MR) is 124 cm³/mol. The minimum atomic E-state index is -3.91. The Labute approximate surface area is 194 Å². The monoisotopic (exact) mass is 474 g/mol. The van der Waals surface area contributed by atoms with Gasteiger partial charge in [0.2, 0.25) is 16.8 Å². The number of amides is 1. The van der Waals surface area contributed by atoms with Crippen molar-refractivity contribution in [3.05, 3.63) is 59.4 Å². The van der Waals surface area contributed by atoms with Crippen LogP contribution in [0.5, 0.6) is 0 Å². The summed E-state index contributed by atoms with van der Waals surface area (Å²) in [6.45, 7) is 9.04. The number of sulfonamides is 1. The number of furan rings is 1. The number of nitrogens with zero attached hydrogens (tertiary/aromatic N) is 2. The molecule has 3 rings (SSSR count). The summed E-state index contributed by atoms with van der Waals surface area (Å²) in [7, 11) is -3.91. The maximum absolute atomic E-state index is 12.8. The SMILES string of the molecule is CCOC(=O)c1ccc(S(=O)(=O)N2CCN(C(=O)C=Cc3ccc(C(C)(C)C)cc3)CC2)o1. The maximum atomic E-state index is 12.8. The highest BCUT2D eigenvalue weighted by molar-refractivity contribution is 7.89. The molecule has 178 valence electrons. The number of rotatable bonds is 6. The third-order valence-electron chi connectivity index (χ3n) is 5.40. The van der Waals surface area contributed by atoms with Crippen molar-refractivity contribution in [2.24, 2.45) is 0 Å². The quantitative estimate of drug-likeness (QED) is 0.471. The van der Waals surface area contributed by atoms with Crippen LogP contribution < -0.4 is 0 Å². The molecule has 1 aliphatic heterocycles. The molecule has 2 heterocycles. The zero-order chi connectivity index (χ0) is 24.2.